The van der Waals surface area contributed by atoms with Crippen molar-refractivity contribution >= 4 is 0 Å². The van der Waals surface area contributed by atoms with Crippen molar-refractivity contribution in [1.29, 1.82) is 0 Å². The Labute approximate surface area is 153 Å². The highest BCUT2D eigenvalue weighted by atomic mass is 19.1. The van der Waals surface area contributed by atoms with E-state index in [2.05, 4.69) is 43.1 Å². The molecule has 1 aliphatic rings. The molecule has 0 amide bonds. The summed E-state index contributed by atoms with van der Waals surface area (Å²) in [4.78, 5) is 4.55. The molecule has 4 rings (SSSR count). The fourth-order valence-electron chi connectivity index (χ4n) is 4.16. The molecule has 2 aromatic carbocycles. The van der Waals surface area contributed by atoms with Gasteiger partial charge in [0, 0.05) is 23.4 Å². The molecular weight excluding hydrogens is 323 g/mol. The highest BCUT2D eigenvalue weighted by Crippen LogP contribution is 2.41. The minimum Gasteiger partial charge on any atom is -0.324 e. The number of hydrogen-bond donors (Lipinski definition) is 1. The molecule has 1 aromatic heterocycles. The van der Waals surface area contributed by atoms with Gasteiger partial charge < -0.3 is 5.73 Å². The van der Waals surface area contributed by atoms with Crippen LogP contribution in [0.1, 0.15) is 40.3 Å². The van der Waals surface area contributed by atoms with Crippen LogP contribution in [0.4, 0.5) is 4.39 Å². The summed E-state index contributed by atoms with van der Waals surface area (Å²) in [6, 6.07) is 11.8. The van der Waals surface area contributed by atoms with Crippen molar-refractivity contribution in [3.05, 3.63) is 76.2 Å². The summed E-state index contributed by atoms with van der Waals surface area (Å²) in [6.07, 6.45) is 3.54. The monoisotopic (exact) mass is 346 g/mol. The zero-order valence-corrected chi connectivity index (χ0v) is 15.4. The van der Waals surface area contributed by atoms with Gasteiger partial charge in [0.25, 0.3) is 0 Å². The van der Waals surface area contributed by atoms with Crippen molar-refractivity contribution in [3.8, 4) is 22.4 Å². The molecule has 3 aromatic rings. The zero-order valence-electron chi connectivity index (χ0n) is 15.4. The minimum atomic E-state index is -0.193. The predicted octanol–water partition coefficient (Wildman–Crippen LogP) is 5.43. The number of aromatic nitrogens is 1. The van der Waals surface area contributed by atoms with Crippen molar-refractivity contribution in [2.75, 3.05) is 0 Å². The maximum atomic E-state index is 14.3. The van der Waals surface area contributed by atoms with Gasteiger partial charge in [-0.1, -0.05) is 12.1 Å². The van der Waals surface area contributed by atoms with Crippen LogP contribution in [0.15, 0.2) is 42.6 Å². The van der Waals surface area contributed by atoms with Gasteiger partial charge in [0.2, 0.25) is 0 Å². The van der Waals surface area contributed by atoms with Gasteiger partial charge in [-0.3, -0.25) is 4.98 Å². The number of nitrogens with two attached hydrogens (primary N) is 1. The van der Waals surface area contributed by atoms with Crippen LogP contribution in [-0.4, -0.2) is 4.98 Å². The molecule has 2 N–H and O–H groups in total. The highest BCUT2D eigenvalue weighted by Gasteiger charge is 2.26. The highest BCUT2D eigenvalue weighted by molar-refractivity contribution is 5.79. The van der Waals surface area contributed by atoms with Crippen molar-refractivity contribution in [2.45, 2.75) is 39.7 Å². The Balaban J connectivity index is 1.86. The van der Waals surface area contributed by atoms with E-state index in [0.29, 0.717) is 5.56 Å². The van der Waals surface area contributed by atoms with Gasteiger partial charge in [-0.05, 0) is 91.3 Å². The first-order valence-corrected chi connectivity index (χ1v) is 9.07. The van der Waals surface area contributed by atoms with E-state index < -0.39 is 0 Å². The van der Waals surface area contributed by atoms with E-state index in [1.54, 1.807) is 6.07 Å². The Bertz CT molecular complexity index is 967. The molecule has 0 unspecified atom stereocenters. The Kier molecular flexibility index (Phi) is 4.12. The van der Waals surface area contributed by atoms with Gasteiger partial charge in [0.15, 0.2) is 0 Å². The van der Waals surface area contributed by atoms with Gasteiger partial charge in [-0.25, -0.2) is 4.39 Å². The van der Waals surface area contributed by atoms with Crippen LogP contribution in [-0.2, 0) is 6.42 Å². The summed E-state index contributed by atoms with van der Waals surface area (Å²) in [5, 5.41) is 0. The first-order valence-electron chi connectivity index (χ1n) is 9.07. The number of fused-ring (bicyclic) bond motifs is 1. The van der Waals surface area contributed by atoms with Crippen LogP contribution in [0.25, 0.3) is 22.4 Å². The van der Waals surface area contributed by atoms with Gasteiger partial charge in [0.1, 0.15) is 5.82 Å². The fraction of sp³-hybridized carbons (Fsp3) is 0.261. The maximum absolute atomic E-state index is 14.3. The molecule has 1 atom stereocenters. The lowest BCUT2D eigenvalue weighted by atomic mass is 9.88. The van der Waals surface area contributed by atoms with E-state index in [9.17, 15) is 4.39 Å². The molecule has 26 heavy (non-hydrogen) atoms. The number of pyridine rings is 1. The molecule has 0 saturated heterocycles. The van der Waals surface area contributed by atoms with E-state index in [-0.39, 0.29) is 11.9 Å². The van der Waals surface area contributed by atoms with E-state index in [1.165, 1.54) is 16.7 Å². The second-order valence-corrected chi connectivity index (χ2v) is 7.34. The molecule has 3 heteroatoms. The smallest absolute Gasteiger partial charge is 0.128 e. The number of aryl methyl sites for hydroxylation is 3. The molecule has 1 aliphatic carbocycles. The van der Waals surface area contributed by atoms with Crippen LogP contribution in [0.3, 0.4) is 0 Å². The summed E-state index contributed by atoms with van der Waals surface area (Å²) >= 11 is 0. The standard InChI is InChI=1S/C23H23FN2/c1-13-4-9-21(26-12-13)16-10-14(2)22(15(3)11-16)17-5-7-19(24)23-18(17)6-8-20(23)25/h4-5,7,9-12,20H,6,8,25H2,1-3H3/t20-/m1/s1. The molecule has 2 nitrogen and oxygen atoms in total. The first kappa shape index (κ1) is 16.9. The van der Waals surface area contributed by atoms with Crippen LogP contribution < -0.4 is 5.73 Å². The summed E-state index contributed by atoms with van der Waals surface area (Å²) in [5.74, 6) is -0.176. The number of halogens is 1. The molecule has 0 fully saturated rings. The van der Waals surface area contributed by atoms with E-state index >= 15 is 0 Å². The lowest BCUT2D eigenvalue weighted by molar-refractivity contribution is 0.589. The molecule has 0 radical (unpaired) electrons. The molecular formula is C23H23FN2. The van der Waals surface area contributed by atoms with Crippen LogP contribution >= 0.6 is 0 Å². The summed E-state index contributed by atoms with van der Waals surface area (Å²) in [6.45, 7) is 6.27. The van der Waals surface area contributed by atoms with Crippen molar-refractivity contribution in [2.24, 2.45) is 5.73 Å². The lowest BCUT2D eigenvalue weighted by Crippen LogP contribution is -2.07. The Morgan fingerprint density at radius 1 is 1.04 bits per heavy atom. The maximum Gasteiger partial charge on any atom is 0.128 e. The fourth-order valence-corrected chi connectivity index (χ4v) is 4.16. The quantitative estimate of drug-likeness (QED) is 0.672. The molecule has 132 valence electrons. The van der Waals surface area contributed by atoms with E-state index in [4.69, 9.17) is 5.73 Å². The van der Waals surface area contributed by atoms with Gasteiger partial charge in [-0.15, -0.1) is 0 Å². The lowest BCUT2D eigenvalue weighted by Gasteiger charge is -2.17. The van der Waals surface area contributed by atoms with Crippen molar-refractivity contribution < 1.29 is 4.39 Å². The van der Waals surface area contributed by atoms with Crippen LogP contribution in [0.2, 0.25) is 0 Å². The third-order valence-electron chi connectivity index (χ3n) is 5.39. The third kappa shape index (κ3) is 2.73. The van der Waals surface area contributed by atoms with Gasteiger partial charge in [0.05, 0.1) is 5.69 Å². The van der Waals surface area contributed by atoms with Crippen LogP contribution in [0, 0.1) is 26.6 Å². The average molecular weight is 346 g/mol. The second-order valence-electron chi connectivity index (χ2n) is 7.34. The number of benzene rings is 2. The Hall–Kier alpha value is -2.52. The third-order valence-corrected chi connectivity index (χ3v) is 5.39. The van der Waals surface area contributed by atoms with Gasteiger partial charge in [-0.2, -0.15) is 0 Å². The summed E-state index contributed by atoms with van der Waals surface area (Å²) in [7, 11) is 0. The predicted molar refractivity (Wildman–Crippen MR) is 105 cm³/mol. The van der Waals surface area contributed by atoms with Crippen molar-refractivity contribution in [1.82, 2.24) is 4.98 Å². The number of hydrogen-bond acceptors (Lipinski definition) is 2. The topological polar surface area (TPSA) is 38.9 Å². The summed E-state index contributed by atoms with van der Waals surface area (Å²) < 4.78 is 14.3. The number of nitrogens with zero attached hydrogens (tertiary/aromatic N) is 1. The summed E-state index contributed by atoms with van der Waals surface area (Å²) in [5.41, 5.74) is 15.8. The van der Waals surface area contributed by atoms with Crippen molar-refractivity contribution in [3.63, 3.8) is 0 Å². The van der Waals surface area contributed by atoms with Gasteiger partial charge >= 0.3 is 0 Å². The normalized spacial score (nSPS) is 16.0. The first-order chi connectivity index (χ1) is 12.5. The second kappa shape index (κ2) is 6.33. The Morgan fingerprint density at radius 2 is 1.77 bits per heavy atom. The molecule has 0 aliphatic heterocycles. The number of rotatable bonds is 2. The molecule has 0 saturated carbocycles. The average Bonchev–Trinajstić information content (AvgIpc) is 2.99. The minimum absolute atomic E-state index is 0.176. The molecule has 0 bridgehead atoms. The van der Waals surface area contributed by atoms with E-state index in [0.717, 1.165) is 40.8 Å². The molecule has 0 spiro atoms. The van der Waals surface area contributed by atoms with Crippen LogP contribution in [0.5, 0.6) is 0 Å². The Morgan fingerprint density at radius 3 is 2.42 bits per heavy atom. The largest absolute Gasteiger partial charge is 0.324 e. The zero-order chi connectivity index (χ0) is 18.4. The molecule has 1 heterocycles. The van der Waals surface area contributed by atoms with E-state index in [1.807, 2.05) is 19.2 Å². The SMILES string of the molecule is Cc1ccc(-c2cc(C)c(-c3ccc(F)c4c3CC[C@H]4N)c(C)c2)nc1.